The van der Waals surface area contributed by atoms with Gasteiger partial charge in [0.1, 0.15) is 11.4 Å². The maximum Gasteiger partial charge on any atom is 0.573 e. The number of carbonyl (C=O) groups excluding carboxylic acids is 2. The lowest BCUT2D eigenvalue weighted by Crippen LogP contribution is -2.16. The fourth-order valence-electron chi connectivity index (χ4n) is 2.40. The first-order valence-electron chi connectivity index (χ1n) is 8.90. The zero-order valence-electron chi connectivity index (χ0n) is 16.0. The fourth-order valence-corrected chi connectivity index (χ4v) is 3.11. The van der Waals surface area contributed by atoms with Crippen LogP contribution in [0.1, 0.15) is 27.8 Å². The second kappa shape index (κ2) is 9.47. The van der Waals surface area contributed by atoms with Gasteiger partial charge in [0.15, 0.2) is 5.13 Å². The van der Waals surface area contributed by atoms with Gasteiger partial charge < -0.3 is 20.1 Å². The summed E-state index contributed by atoms with van der Waals surface area (Å²) < 4.78 is 45.3. The number of anilines is 3. The van der Waals surface area contributed by atoms with E-state index < -0.39 is 18.2 Å². The van der Waals surface area contributed by atoms with Crippen LogP contribution in [-0.4, -0.2) is 29.8 Å². The number of alkyl halides is 3. The maximum atomic E-state index is 12.4. The van der Waals surface area contributed by atoms with E-state index in [4.69, 9.17) is 4.74 Å². The van der Waals surface area contributed by atoms with Gasteiger partial charge in [0.05, 0.1) is 12.2 Å². The predicted molar refractivity (Wildman–Crippen MR) is 109 cm³/mol. The van der Waals surface area contributed by atoms with E-state index in [1.165, 1.54) is 29.6 Å². The standard InChI is InChI=1S/C20H16F3N3O4S/c1-2-29-18(28)12-3-5-13(6-4-12)24-17(27)16-11-31-19(26-16)25-14-7-9-15(10-8-14)30-20(21,22)23/h3-11H,2H2,1H3,(H,24,27)(H,25,26). The molecule has 0 fully saturated rings. The van der Waals surface area contributed by atoms with Crippen molar-refractivity contribution in [3.8, 4) is 5.75 Å². The lowest BCUT2D eigenvalue weighted by atomic mass is 10.2. The topological polar surface area (TPSA) is 89.5 Å². The van der Waals surface area contributed by atoms with Gasteiger partial charge in [-0.3, -0.25) is 4.79 Å². The average Bonchev–Trinajstić information content (AvgIpc) is 3.18. The van der Waals surface area contributed by atoms with Gasteiger partial charge in [0, 0.05) is 16.8 Å². The van der Waals surface area contributed by atoms with Crippen LogP contribution in [0.5, 0.6) is 5.75 Å². The minimum atomic E-state index is -4.76. The summed E-state index contributed by atoms with van der Waals surface area (Å²) >= 11 is 1.15. The number of nitrogens with zero attached hydrogens (tertiary/aromatic N) is 1. The van der Waals surface area contributed by atoms with Crippen LogP contribution in [0.15, 0.2) is 53.9 Å². The number of halogens is 3. The van der Waals surface area contributed by atoms with E-state index in [1.54, 1.807) is 19.1 Å². The summed E-state index contributed by atoms with van der Waals surface area (Å²) in [5.74, 6) is -1.25. The van der Waals surface area contributed by atoms with Gasteiger partial charge in [0.2, 0.25) is 0 Å². The Balaban J connectivity index is 1.59. The molecule has 2 aromatic carbocycles. The molecule has 2 N–H and O–H groups in total. The smallest absolute Gasteiger partial charge is 0.462 e. The SMILES string of the molecule is CCOC(=O)c1ccc(NC(=O)c2csc(Nc3ccc(OC(F)(F)F)cc3)n2)cc1. The number of amides is 1. The van der Waals surface area contributed by atoms with Gasteiger partial charge >= 0.3 is 12.3 Å². The zero-order valence-corrected chi connectivity index (χ0v) is 16.8. The molecule has 0 atom stereocenters. The molecule has 0 spiro atoms. The Kier molecular flexibility index (Phi) is 6.75. The van der Waals surface area contributed by atoms with Gasteiger partial charge in [0.25, 0.3) is 5.91 Å². The number of carbonyl (C=O) groups is 2. The van der Waals surface area contributed by atoms with Gasteiger partial charge in [-0.25, -0.2) is 9.78 Å². The van der Waals surface area contributed by atoms with Crippen molar-refractivity contribution < 1.29 is 32.2 Å². The van der Waals surface area contributed by atoms with Crippen molar-refractivity contribution in [2.45, 2.75) is 13.3 Å². The molecule has 0 radical (unpaired) electrons. The highest BCUT2D eigenvalue weighted by molar-refractivity contribution is 7.14. The van der Waals surface area contributed by atoms with Crippen molar-refractivity contribution in [1.82, 2.24) is 4.98 Å². The summed E-state index contributed by atoms with van der Waals surface area (Å²) in [6, 6.07) is 11.3. The molecule has 1 aromatic heterocycles. The molecule has 3 aromatic rings. The van der Waals surface area contributed by atoms with Crippen LogP contribution in [0.25, 0.3) is 0 Å². The Morgan fingerprint density at radius 2 is 1.68 bits per heavy atom. The molecule has 11 heteroatoms. The average molecular weight is 451 g/mol. The molecule has 0 aliphatic rings. The molecule has 31 heavy (non-hydrogen) atoms. The molecular weight excluding hydrogens is 435 g/mol. The van der Waals surface area contributed by atoms with Crippen molar-refractivity contribution in [1.29, 1.82) is 0 Å². The first-order valence-corrected chi connectivity index (χ1v) is 9.78. The Hall–Kier alpha value is -3.60. The van der Waals surface area contributed by atoms with Crippen molar-refractivity contribution in [3.63, 3.8) is 0 Å². The van der Waals surface area contributed by atoms with Gasteiger partial charge in [-0.05, 0) is 55.5 Å². The lowest BCUT2D eigenvalue weighted by Gasteiger charge is -2.09. The minimum Gasteiger partial charge on any atom is -0.462 e. The monoisotopic (exact) mass is 451 g/mol. The quantitative estimate of drug-likeness (QED) is 0.479. The number of nitrogens with one attached hydrogen (secondary N) is 2. The molecule has 0 saturated heterocycles. The zero-order chi connectivity index (χ0) is 22.4. The molecule has 1 heterocycles. The summed E-state index contributed by atoms with van der Waals surface area (Å²) in [7, 11) is 0. The lowest BCUT2D eigenvalue weighted by molar-refractivity contribution is -0.274. The first kappa shape index (κ1) is 22.1. The summed E-state index contributed by atoms with van der Waals surface area (Å²) in [6.45, 7) is 1.98. The van der Waals surface area contributed by atoms with E-state index in [0.29, 0.717) is 22.1 Å². The van der Waals surface area contributed by atoms with Crippen LogP contribution in [0, 0.1) is 0 Å². The van der Waals surface area contributed by atoms with Crippen LogP contribution >= 0.6 is 11.3 Å². The largest absolute Gasteiger partial charge is 0.573 e. The van der Waals surface area contributed by atoms with Crippen molar-refractivity contribution in [3.05, 3.63) is 65.2 Å². The van der Waals surface area contributed by atoms with Crippen molar-refractivity contribution >= 4 is 39.7 Å². The molecule has 0 aliphatic carbocycles. The molecule has 0 aliphatic heterocycles. The highest BCUT2D eigenvalue weighted by Crippen LogP contribution is 2.26. The number of rotatable bonds is 7. The third-order valence-electron chi connectivity index (χ3n) is 3.73. The number of aromatic nitrogens is 1. The van der Waals surface area contributed by atoms with E-state index in [9.17, 15) is 22.8 Å². The second-order valence-electron chi connectivity index (χ2n) is 5.99. The minimum absolute atomic E-state index is 0.152. The summed E-state index contributed by atoms with van der Waals surface area (Å²) in [5, 5.41) is 7.48. The van der Waals surface area contributed by atoms with E-state index in [2.05, 4.69) is 20.4 Å². The summed E-state index contributed by atoms with van der Waals surface area (Å²) in [5.41, 5.74) is 1.47. The normalized spacial score (nSPS) is 11.0. The number of benzene rings is 2. The van der Waals surface area contributed by atoms with Crippen LogP contribution in [0.2, 0.25) is 0 Å². The van der Waals surface area contributed by atoms with E-state index >= 15 is 0 Å². The fraction of sp³-hybridized carbons (Fsp3) is 0.150. The van der Waals surface area contributed by atoms with E-state index in [1.807, 2.05) is 0 Å². The van der Waals surface area contributed by atoms with Crippen molar-refractivity contribution in [2.75, 3.05) is 17.2 Å². The molecule has 7 nitrogen and oxygen atoms in total. The Labute approximate surface area is 178 Å². The summed E-state index contributed by atoms with van der Waals surface area (Å²) in [6.07, 6.45) is -4.76. The summed E-state index contributed by atoms with van der Waals surface area (Å²) in [4.78, 5) is 28.2. The Bertz CT molecular complexity index is 1050. The molecule has 0 bridgehead atoms. The van der Waals surface area contributed by atoms with Crippen molar-refractivity contribution in [2.24, 2.45) is 0 Å². The maximum absolute atomic E-state index is 12.4. The third kappa shape index (κ3) is 6.44. The number of ether oxygens (including phenoxy) is 2. The molecule has 162 valence electrons. The molecule has 0 saturated carbocycles. The highest BCUT2D eigenvalue weighted by atomic mass is 32.1. The van der Waals surface area contributed by atoms with Crippen LogP contribution in [-0.2, 0) is 4.74 Å². The number of hydrogen-bond donors (Lipinski definition) is 2. The Morgan fingerprint density at radius 3 is 2.29 bits per heavy atom. The molecule has 3 rings (SSSR count). The molecule has 1 amide bonds. The molecule has 0 unspecified atom stereocenters. The predicted octanol–water partition coefficient (Wildman–Crippen LogP) is 5.21. The first-order chi connectivity index (χ1) is 14.7. The second-order valence-corrected chi connectivity index (χ2v) is 6.85. The number of esters is 1. The van der Waals surface area contributed by atoms with Gasteiger partial charge in [-0.1, -0.05) is 0 Å². The molecular formula is C20H16F3N3O4S. The van der Waals surface area contributed by atoms with Gasteiger partial charge in [-0.15, -0.1) is 24.5 Å². The number of hydrogen-bond acceptors (Lipinski definition) is 7. The van der Waals surface area contributed by atoms with Crippen LogP contribution in [0.4, 0.5) is 29.7 Å². The third-order valence-corrected chi connectivity index (χ3v) is 4.49. The van der Waals surface area contributed by atoms with Crippen LogP contribution in [0.3, 0.4) is 0 Å². The van der Waals surface area contributed by atoms with Crippen LogP contribution < -0.4 is 15.4 Å². The number of thiazole rings is 1. The Morgan fingerprint density at radius 1 is 1.03 bits per heavy atom. The highest BCUT2D eigenvalue weighted by Gasteiger charge is 2.30. The van der Waals surface area contributed by atoms with E-state index in [-0.39, 0.29) is 18.1 Å². The van der Waals surface area contributed by atoms with Gasteiger partial charge in [-0.2, -0.15) is 0 Å². The van der Waals surface area contributed by atoms with E-state index in [0.717, 1.165) is 23.5 Å².